The molecule has 0 saturated carbocycles. The first-order valence-corrected chi connectivity index (χ1v) is 10.9. The Kier molecular flexibility index (Phi) is 6.70. The molecule has 0 radical (unpaired) electrons. The standard InChI is InChI=1S/C20H15Cl3N2O3S/c1-28-24-20(13-5-3-2-4-6-13)16-11-14(21)7-10-19(16)25-29(26,27)15-8-9-17(22)18(23)12-15/h2-12,25H,1H3/b24-20+. The van der Waals surface area contributed by atoms with Gasteiger partial charge in [-0.3, -0.25) is 4.72 Å². The van der Waals surface area contributed by atoms with Gasteiger partial charge in [0.2, 0.25) is 0 Å². The molecule has 3 aromatic rings. The molecule has 0 atom stereocenters. The molecule has 0 fully saturated rings. The van der Waals surface area contributed by atoms with Crippen LogP contribution in [0.4, 0.5) is 5.69 Å². The van der Waals surface area contributed by atoms with Crippen LogP contribution in [-0.2, 0) is 14.9 Å². The molecule has 0 unspecified atom stereocenters. The Morgan fingerprint density at radius 2 is 1.66 bits per heavy atom. The zero-order chi connectivity index (χ0) is 21.0. The van der Waals surface area contributed by atoms with Gasteiger partial charge in [-0.25, -0.2) is 8.42 Å². The van der Waals surface area contributed by atoms with Crippen LogP contribution in [0, 0.1) is 0 Å². The predicted molar refractivity (Wildman–Crippen MR) is 118 cm³/mol. The van der Waals surface area contributed by atoms with Gasteiger partial charge < -0.3 is 4.84 Å². The summed E-state index contributed by atoms with van der Waals surface area (Å²) >= 11 is 18.0. The van der Waals surface area contributed by atoms with Crippen LogP contribution in [0.1, 0.15) is 11.1 Å². The molecule has 0 aliphatic heterocycles. The van der Waals surface area contributed by atoms with Crippen LogP contribution in [0.15, 0.2) is 76.8 Å². The van der Waals surface area contributed by atoms with Crippen LogP contribution < -0.4 is 4.72 Å². The molecule has 0 aromatic heterocycles. The van der Waals surface area contributed by atoms with E-state index >= 15 is 0 Å². The minimum Gasteiger partial charge on any atom is -0.399 e. The van der Waals surface area contributed by atoms with E-state index in [0.29, 0.717) is 16.3 Å². The lowest BCUT2D eigenvalue weighted by Crippen LogP contribution is -2.16. The molecule has 0 saturated heterocycles. The molecule has 0 spiro atoms. The number of hydrogen-bond donors (Lipinski definition) is 1. The zero-order valence-corrected chi connectivity index (χ0v) is 18.1. The van der Waals surface area contributed by atoms with Crippen molar-refractivity contribution in [1.82, 2.24) is 0 Å². The number of sulfonamides is 1. The smallest absolute Gasteiger partial charge is 0.261 e. The van der Waals surface area contributed by atoms with Gasteiger partial charge in [0, 0.05) is 16.1 Å². The Bertz CT molecular complexity index is 1170. The quantitative estimate of drug-likeness (QED) is 0.364. The lowest BCUT2D eigenvalue weighted by Gasteiger charge is -2.15. The Morgan fingerprint density at radius 3 is 2.31 bits per heavy atom. The molecular formula is C20H15Cl3N2O3S. The molecule has 0 aliphatic carbocycles. The maximum absolute atomic E-state index is 12.9. The summed E-state index contributed by atoms with van der Waals surface area (Å²) in [6.07, 6.45) is 0. The summed E-state index contributed by atoms with van der Waals surface area (Å²) in [4.78, 5) is 4.96. The number of nitrogens with zero attached hydrogens (tertiary/aromatic N) is 1. The van der Waals surface area contributed by atoms with E-state index in [-0.39, 0.29) is 20.6 Å². The molecule has 0 amide bonds. The molecule has 150 valence electrons. The molecular weight excluding hydrogens is 455 g/mol. The lowest BCUT2D eigenvalue weighted by molar-refractivity contribution is 0.214. The van der Waals surface area contributed by atoms with Crippen molar-refractivity contribution in [2.45, 2.75) is 4.90 Å². The molecule has 3 rings (SSSR count). The van der Waals surface area contributed by atoms with Crippen LogP contribution in [0.25, 0.3) is 0 Å². The highest BCUT2D eigenvalue weighted by Gasteiger charge is 2.20. The van der Waals surface area contributed by atoms with Gasteiger partial charge in [0.15, 0.2) is 0 Å². The minimum atomic E-state index is -3.95. The number of benzene rings is 3. The van der Waals surface area contributed by atoms with Crippen molar-refractivity contribution in [3.8, 4) is 0 Å². The molecule has 1 N–H and O–H groups in total. The normalized spacial score (nSPS) is 11.9. The first kappa shape index (κ1) is 21.5. The van der Waals surface area contributed by atoms with E-state index in [1.54, 1.807) is 18.2 Å². The topological polar surface area (TPSA) is 67.8 Å². The second kappa shape index (κ2) is 9.05. The largest absolute Gasteiger partial charge is 0.399 e. The van der Waals surface area contributed by atoms with Crippen LogP contribution in [-0.4, -0.2) is 21.2 Å². The number of oxime groups is 1. The maximum atomic E-state index is 12.9. The van der Waals surface area contributed by atoms with Gasteiger partial charge in [-0.05, 0) is 36.4 Å². The Labute approximate surface area is 183 Å². The van der Waals surface area contributed by atoms with E-state index in [1.165, 1.54) is 25.3 Å². The van der Waals surface area contributed by atoms with Crippen molar-refractivity contribution in [1.29, 1.82) is 0 Å². The van der Waals surface area contributed by atoms with Gasteiger partial charge in [-0.1, -0.05) is 70.3 Å². The lowest BCUT2D eigenvalue weighted by atomic mass is 10.0. The van der Waals surface area contributed by atoms with E-state index in [4.69, 9.17) is 39.6 Å². The van der Waals surface area contributed by atoms with Gasteiger partial charge in [0.05, 0.1) is 20.6 Å². The van der Waals surface area contributed by atoms with Gasteiger partial charge in [0.1, 0.15) is 12.8 Å². The number of nitrogens with one attached hydrogen (secondary N) is 1. The first-order valence-electron chi connectivity index (χ1n) is 8.26. The van der Waals surface area contributed by atoms with E-state index in [0.717, 1.165) is 5.56 Å². The van der Waals surface area contributed by atoms with Crippen LogP contribution in [0.5, 0.6) is 0 Å². The second-order valence-corrected chi connectivity index (χ2v) is 8.79. The van der Waals surface area contributed by atoms with Crippen LogP contribution >= 0.6 is 34.8 Å². The summed E-state index contributed by atoms with van der Waals surface area (Å²) in [5, 5.41) is 4.89. The number of hydrogen-bond acceptors (Lipinski definition) is 4. The Balaban J connectivity index is 2.09. The van der Waals surface area contributed by atoms with Crippen LogP contribution in [0.3, 0.4) is 0 Å². The average Bonchev–Trinajstić information content (AvgIpc) is 2.70. The molecule has 9 heteroatoms. The average molecular weight is 470 g/mol. The summed E-state index contributed by atoms with van der Waals surface area (Å²) in [5.41, 5.74) is 1.88. The number of rotatable bonds is 6. The fraction of sp³-hybridized carbons (Fsp3) is 0.0500. The molecule has 0 heterocycles. The van der Waals surface area contributed by atoms with Gasteiger partial charge in [-0.15, -0.1) is 0 Å². The third kappa shape index (κ3) is 5.03. The Morgan fingerprint density at radius 1 is 0.931 bits per heavy atom. The summed E-state index contributed by atoms with van der Waals surface area (Å²) in [5.74, 6) is 0. The van der Waals surface area contributed by atoms with Crippen LogP contribution in [0.2, 0.25) is 15.1 Å². The summed E-state index contributed by atoms with van der Waals surface area (Å²) < 4.78 is 28.4. The third-order valence-corrected chi connectivity index (χ3v) is 6.25. The van der Waals surface area contributed by atoms with Crippen molar-refractivity contribution < 1.29 is 13.3 Å². The number of halogens is 3. The Hall–Kier alpha value is -2.25. The highest BCUT2D eigenvalue weighted by atomic mass is 35.5. The molecule has 3 aromatic carbocycles. The van der Waals surface area contributed by atoms with Crippen molar-refractivity contribution in [3.05, 3.63) is 92.9 Å². The predicted octanol–water partition coefficient (Wildman–Crippen LogP) is 5.85. The highest BCUT2D eigenvalue weighted by Crippen LogP contribution is 2.29. The van der Waals surface area contributed by atoms with Crippen molar-refractivity contribution in [3.63, 3.8) is 0 Å². The maximum Gasteiger partial charge on any atom is 0.261 e. The van der Waals surface area contributed by atoms with Crippen molar-refractivity contribution in [2.75, 3.05) is 11.8 Å². The van der Waals surface area contributed by atoms with E-state index in [1.807, 2.05) is 30.3 Å². The highest BCUT2D eigenvalue weighted by molar-refractivity contribution is 7.92. The van der Waals surface area contributed by atoms with Gasteiger partial charge in [-0.2, -0.15) is 0 Å². The molecule has 0 aliphatic rings. The summed E-state index contributed by atoms with van der Waals surface area (Å²) in [7, 11) is -2.54. The summed E-state index contributed by atoms with van der Waals surface area (Å²) in [6.45, 7) is 0. The molecule has 29 heavy (non-hydrogen) atoms. The molecule has 0 bridgehead atoms. The zero-order valence-electron chi connectivity index (χ0n) is 15.1. The third-order valence-electron chi connectivity index (χ3n) is 3.91. The van der Waals surface area contributed by atoms with Crippen molar-refractivity contribution in [2.24, 2.45) is 5.16 Å². The number of anilines is 1. The van der Waals surface area contributed by atoms with E-state index in [9.17, 15) is 8.42 Å². The first-order chi connectivity index (χ1) is 13.8. The van der Waals surface area contributed by atoms with Crippen molar-refractivity contribution >= 4 is 56.2 Å². The molecule has 5 nitrogen and oxygen atoms in total. The van der Waals surface area contributed by atoms with Gasteiger partial charge in [0.25, 0.3) is 10.0 Å². The SMILES string of the molecule is CO/N=C(\c1ccccc1)c1cc(Cl)ccc1NS(=O)(=O)c1ccc(Cl)c(Cl)c1. The van der Waals surface area contributed by atoms with E-state index < -0.39 is 10.0 Å². The fourth-order valence-electron chi connectivity index (χ4n) is 2.59. The summed E-state index contributed by atoms with van der Waals surface area (Å²) in [6, 6.07) is 18.0. The van der Waals surface area contributed by atoms with Gasteiger partial charge >= 0.3 is 0 Å². The van der Waals surface area contributed by atoms with E-state index in [2.05, 4.69) is 9.88 Å². The second-order valence-electron chi connectivity index (χ2n) is 5.86. The monoisotopic (exact) mass is 468 g/mol. The minimum absolute atomic E-state index is 0.0299. The fourth-order valence-corrected chi connectivity index (χ4v) is 4.23.